The summed E-state index contributed by atoms with van der Waals surface area (Å²) in [5, 5.41) is 15.9. The lowest BCUT2D eigenvalue weighted by molar-refractivity contribution is -0.145. The van der Waals surface area contributed by atoms with Gasteiger partial charge < -0.3 is 5.21 Å². The summed E-state index contributed by atoms with van der Waals surface area (Å²) in [5.74, 6) is 0.380. The van der Waals surface area contributed by atoms with Crippen molar-refractivity contribution < 1.29 is 5.21 Å². The Morgan fingerprint density at radius 2 is 1.47 bits per heavy atom. The van der Waals surface area contributed by atoms with Crippen LogP contribution in [0.15, 0.2) is 90.6 Å². The molecule has 150 valence electrons. The van der Waals surface area contributed by atoms with E-state index in [1.807, 2.05) is 6.07 Å². The molecule has 2 heteroatoms. The SMILES string of the molecule is Cc1ccc2ccc(C)c3c2c1C(C1=CC=CC(C)C=C1)N(O)C3c1ccccc1. The van der Waals surface area contributed by atoms with E-state index < -0.39 is 0 Å². The van der Waals surface area contributed by atoms with Gasteiger partial charge in [0.15, 0.2) is 0 Å². The van der Waals surface area contributed by atoms with E-state index in [1.165, 1.54) is 33.0 Å². The molecule has 0 spiro atoms. The van der Waals surface area contributed by atoms with Gasteiger partial charge in [-0.25, -0.2) is 0 Å². The fourth-order valence-electron chi connectivity index (χ4n) is 4.98. The van der Waals surface area contributed by atoms with Crippen LogP contribution in [0.3, 0.4) is 0 Å². The zero-order chi connectivity index (χ0) is 20.8. The Morgan fingerprint density at radius 1 is 0.800 bits per heavy atom. The fraction of sp³-hybridized carbons (Fsp3) is 0.214. The molecular formula is C28H27NO. The van der Waals surface area contributed by atoms with Crippen molar-refractivity contribution >= 4 is 10.8 Å². The maximum atomic E-state index is 11.8. The summed E-state index contributed by atoms with van der Waals surface area (Å²) in [6.07, 6.45) is 10.8. The molecule has 3 unspecified atom stereocenters. The van der Waals surface area contributed by atoms with Crippen LogP contribution in [0, 0.1) is 19.8 Å². The number of hydrogen-bond acceptors (Lipinski definition) is 2. The summed E-state index contributed by atoms with van der Waals surface area (Å²) < 4.78 is 0. The Bertz CT molecular complexity index is 1200. The summed E-state index contributed by atoms with van der Waals surface area (Å²) in [7, 11) is 0. The van der Waals surface area contributed by atoms with Crippen LogP contribution in [0.2, 0.25) is 0 Å². The molecule has 1 aliphatic carbocycles. The maximum absolute atomic E-state index is 11.8. The minimum absolute atomic E-state index is 0.215. The zero-order valence-corrected chi connectivity index (χ0v) is 17.7. The Labute approximate surface area is 178 Å². The zero-order valence-electron chi connectivity index (χ0n) is 17.7. The van der Waals surface area contributed by atoms with Gasteiger partial charge in [-0.05, 0) is 63.9 Å². The second-order valence-electron chi connectivity index (χ2n) is 8.56. The predicted molar refractivity (Wildman–Crippen MR) is 124 cm³/mol. The third-order valence-corrected chi connectivity index (χ3v) is 6.51. The molecule has 0 fully saturated rings. The van der Waals surface area contributed by atoms with Crippen molar-refractivity contribution in [2.75, 3.05) is 0 Å². The average Bonchev–Trinajstić information content (AvgIpc) is 2.97. The van der Waals surface area contributed by atoms with Crippen LogP contribution in [0.25, 0.3) is 10.8 Å². The summed E-state index contributed by atoms with van der Waals surface area (Å²) in [6.45, 7) is 6.49. The van der Waals surface area contributed by atoms with Crippen molar-refractivity contribution in [2.24, 2.45) is 5.92 Å². The molecule has 2 aliphatic rings. The van der Waals surface area contributed by atoms with Crippen molar-refractivity contribution in [1.29, 1.82) is 0 Å². The second-order valence-corrected chi connectivity index (χ2v) is 8.56. The van der Waals surface area contributed by atoms with E-state index in [4.69, 9.17) is 0 Å². The summed E-state index contributed by atoms with van der Waals surface area (Å²) >= 11 is 0. The topological polar surface area (TPSA) is 23.5 Å². The van der Waals surface area contributed by atoms with Crippen LogP contribution in [0.4, 0.5) is 0 Å². The van der Waals surface area contributed by atoms with Gasteiger partial charge in [0, 0.05) is 0 Å². The Hall–Kier alpha value is -2.94. The number of nitrogens with zero attached hydrogens (tertiary/aromatic N) is 1. The van der Waals surface area contributed by atoms with Crippen LogP contribution in [0.5, 0.6) is 0 Å². The molecule has 2 nitrogen and oxygen atoms in total. The lowest BCUT2D eigenvalue weighted by atomic mass is 9.78. The van der Waals surface area contributed by atoms with Gasteiger partial charge in [0.05, 0.1) is 12.1 Å². The van der Waals surface area contributed by atoms with Crippen molar-refractivity contribution in [3.8, 4) is 0 Å². The summed E-state index contributed by atoms with van der Waals surface area (Å²) in [6, 6.07) is 18.7. The van der Waals surface area contributed by atoms with Crippen molar-refractivity contribution in [1.82, 2.24) is 5.06 Å². The standard InChI is InChI=1S/C28H27NO/c1-18-8-7-11-23(15-12-18)28-25-20(3)14-17-21-16-13-19(2)24(26(21)25)27(29(28)30)22-9-5-4-6-10-22/h4-18,27-28,30H,1-3H3. The highest BCUT2D eigenvalue weighted by atomic mass is 16.5. The summed E-state index contributed by atoms with van der Waals surface area (Å²) in [5.41, 5.74) is 7.05. The Morgan fingerprint density at radius 3 is 2.17 bits per heavy atom. The predicted octanol–water partition coefficient (Wildman–Crippen LogP) is 6.98. The molecule has 0 aromatic heterocycles. The quantitative estimate of drug-likeness (QED) is 0.508. The van der Waals surface area contributed by atoms with Crippen molar-refractivity contribution in [3.63, 3.8) is 0 Å². The molecule has 0 saturated carbocycles. The lowest BCUT2D eigenvalue weighted by Gasteiger charge is -2.41. The first-order chi connectivity index (χ1) is 14.6. The number of aryl methyl sites for hydroxylation is 2. The third kappa shape index (κ3) is 2.96. The number of hydroxylamine groups is 2. The first-order valence-corrected chi connectivity index (χ1v) is 10.7. The molecule has 30 heavy (non-hydrogen) atoms. The number of rotatable bonds is 2. The minimum atomic E-state index is -0.223. The van der Waals surface area contributed by atoms with Crippen LogP contribution in [-0.4, -0.2) is 10.3 Å². The van der Waals surface area contributed by atoms with Gasteiger partial charge in [-0.15, -0.1) is 0 Å². The molecule has 3 atom stereocenters. The van der Waals surface area contributed by atoms with Gasteiger partial charge in [0.1, 0.15) is 0 Å². The first-order valence-electron chi connectivity index (χ1n) is 10.7. The monoisotopic (exact) mass is 393 g/mol. The number of allylic oxidation sites excluding steroid dienone is 4. The molecule has 0 saturated heterocycles. The molecule has 5 rings (SSSR count). The molecule has 0 amide bonds. The van der Waals surface area contributed by atoms with Gasteiger partial charge in [-0.3, -0.25) is 0 Å². The van der Waals surface area contributed by atoms with Gasteiger partial charge >= 0.3 is 0 Å². The number of benzene rings is 3. The van der Waals surface area contributed by atoms with Crippen LogP contribution < -0.4 is 0 Å². The molecule has 1 heterocycles. The van der Waals surface area contributed by atoms with Gasteiger partial charge in [0.2, 0.25) is 0 Å². The highest BCUT2D eigenvalue weighted by Crippen LogP contribution is 2.50. The van der Waals surface area contributed by atoms with Crippen molar-refractivity contribution in [2.45, 2.75) is 32.9 Å². The summed E-state index contributed by atoms with van der Waals surface area (Å²) in [4.78, 5) is 0. The van der Waals surface area contributed by atoms with Gasteiger partial charge in [-0.2, -0.15) is 5.06 Å². The van der Waals surface area contributed by atoms with E-state index in [0.717, 1.165) is 11.1 Å². The molecule has 0 bridgehead atoms. The minimum Gasteiger partial charge on any atom is -0.312 e. The largest absolute Gasteiger partial charge is 0.312 e. The second kappa shape index (κ2) is 7.39. The van der Waals surface area contributed by atoms with Crippen molar-refractivity contribution in [3.05, 3.63) is 118 Å². The molecule has 3 aromatic rings. The van der Waals surface area contributed by atoms with E-state index in [9.17, 15) is 5.21 Å². The molecule has 0 radical (unpaired) electrons. The smallest absolute Gasteiger partial charge is 0.0869 e. The highest BCUT2D eigenvalue weighted by molar-refractivity contribution is 5.93. The van der Waals surface area contributed by atoms with E-state index in [0.29, 0.717) is 5.92 Å². The highest BCUT2D eigenvalue weighted by Gasteiger charge is 2.39. The van der Waals surface area contributed by atoms with Gasteiger partial charge in [-0.1, -0.05) is 91.9 Å². The molecular weight excluding hydrogens is 366 g/mol. The molecule has 1 N–H and O–H groups in total. The first kappa shape index (κ1) is 19.0. The average molecular weight is 394 g/mol. The molecule has 3 aromatic carbocycles. The Kier molecular flexibility index (Phi) is 4.69. The van der Waals surface area contributed by atoms with E-state index >= 15 is 0 Å². The van der Waals surface area contributed by atoms with Crippen LogP contribution in [0.1, 0.15) is 46.8 Å². The maximum Gasteiger partial charge on any atom is 0.0869 e. The fourth-order valence-corrected chi connectivity index (χ4v) is 4.98. The molecule has 1 aliphatic heterocycles. The van der Waals surface area contributed by atoms with Crippen LogP contribution in [-0.2, 0) is 0 Å². The number of hydrogen-bond donors (Lipinski definition) is 1. The van der Waals surface area contributed by atoms with Gasteiger partial charge in [0.25, 0.3) is 0 Å². The Balaban J connectivity index is 1.85. The lowest BCUT2D eigenvalue weighted by Crippen LogP contribution is -2.36. The van der Waals surface area contributed by atoms with E-state index in [-0.39, 0.29) is 12.1 Å². The van der Waals surface area contributed by atoms with E-state index in [2.05, 4.69) is 99.7 Å². The normalized spacial score (nSPS) is 23.5. The third-order valence-electron chi connectivity index (χ3n) is 6.51. The van der Waals surface area contributed by atoms with Crippen LogP contribution >= 0.6 is 0 Å². The van der Waals surface area contributed by atoms with E-state index in [1.54, 1.807) is 5.06 Å².